The van der Waals surface area contributed by atoms with Crippen LogP contribution in [0.4, 0.5) is 15.8 Å². The Morgan fingerprint density at radius 2 is 2.11 bits per heavy atom. The van der Waals surface area contributed by atoms with E-state index in [2.05, 4.69) is 10.3 Å². The van der Waals surface area contributed by atoms with Crippen LogP contribution in [0.1, 0.15) is 10.4 Å². The summed E-state index contributed by atoms with van der Waals surface area (Å²) in [5.41, 5.74) is -0.180. The Morgan fingerprint density at radius 3 is 2.79 bits per heavy atom. The van der Waals surface area contributed by atoms with Gasteiger partial charge < -0.3 is 5.32 Å². The number of nitro benzene ring substituents is 1. The van der Waals surface area contributed by atoms with E-state index in [9.17, 15) is 19.3 Å². The molecule has 0 spiro atoms. The van der Waals surface area contributed by atoms with E-state index in [1.807, 2.05) is 0 Å². The topological polar surface area (TPSA) is 85.1 Å². The molecular weight excluding hydrogens is 253 g/mol. The lowest BCUT2D eigenvalue weighted by molar-refractivity contribution is -0.384. The number of anilines is 1. The summed E-state index contributed by atoms with van der Waals surface area (Å²) < 4.78 is 13.3. The van der Waals surface area contributed by atoms with Gasteiger partial charge in [0.2, 0.25) is 5.95 Å². The molecule has 1 amide bonds. The summed E-state index contributed by atoms with van der Waals surface area (Å²) in [6.07, 6.45) is 1.22. The Morgan fingerprint density at radius 1 is 1.32 bits per heavy atom. The van der Waals surface area contributed by atoms with Gasteiger partial charge in [-0.1, -0.05) is 6.07 Å². The standard InChI is InChI=1S/C12H8FN3O3/c13-11-10(5-2-6-14-11)12(17)15-8-3-1-4-9(7-8)16(18)19/h1-7H,(H,15,17). The van der Waals surface area contributed by atoms with E-state index in [0.717, 1.165) is 0 Å². The molecule has 0 fully saturated rings. The number of hydrogen-bond acceptors (Lipinski definition) is 4. The first-order valence-corrected chi connectivity index (χ1v) is 5.24. The summed E-state index contributed by atoms with van der Waals surface area (Å²) in [6.45, 7) is 0. The van der Waals surface area contributed by atoms with Crippen LogP contribution in [0.15, 0.2) is 42.6 Å². The van der Waals surface area contributed by atoms with Gasteiger partial charge >= 0.3 is 0 Å². The van der Waals surface area contributed by atoms with E-state index >= 15 is 0 Å². The maximum atomic E-state index is 13.3. The highest BCUT2D eigenvalue weighted by molar-refractivity contribution is 6.04. The van der Waals surface area contributed by atoms with Crippen LogP contribution in [-0.2, 0) is 0 Å². The molecule has 6 nitrogen and oxygen atoms in total. The van der Waals surface area contributed by atoms with Gasteiger partial charge in [-0.3, -0.25) is 14.9 Å². The van der Waals surface area contributed by atoms with E-state index in [0.29, 0.717) is 0 Å². The highest BCUT2D eigenvalue weighted by Gasteiger charge is 2.13. The predicted octanol–water partition coefficient (Wildman–Crippen LogP) is 2.38. The number of carbonyl (C=O) groups is 1. The number of aromatic nitrogens is 1. The summed E-state index contributed by atoms with van der Waals surface area (Å²) >= 11 is 0. The minimum absolute atomic E-state index is 0.163. The molecule has 1 heterocycles. The fraction of sp³-hybridized carbons (Fsp3) is 0. The van der Waals surface area contributed by atoms with Gasteiger partial charge in [-0.25, -0.2) is 4.98 Å². The van der Waals surface area contributed by atoms with Crippen LogP contribution in [0.25, 0.3) is 0 Å². The number of carbonyl (C=O) groups excluding carboxylic acids is 1. The van der Waals surface area contributed by atoms with E-state index in [4.69, 9.17) is 0 Å². The molecule has 0 saturated heterocycles. The number of non-ortho nitro benzene ring substituents is 1. The molecule has 0 aliphatic rings. The number of rotatable bonds is 3. The summed E-state index contributed by atoms with van der Waals surface area (Å²) in [5.74, 6) is -1.61. The second-order valence-corrected chi connectivity index (χ2v) is 3.60. The molecule has 0 bridgehead atoms. The second-order valence-electron chi connectivity index (χ2n) is 3.60. The number of halogens is 1. The van der Waals surface area contributed by atoms with Crippen LogP contribution in [0, 0.1) is 16.1 Å². The van der Waals surface area contributed by atoms with Gasteiger partial charge in [-0.15, -0.1) is 0 Å². The zero-order valence-corrected chi connectivity index (χ0v) is 9.54. The molecule has 0 saturated carbocycles. The fourth-order valence-corrected chi connectivity index (χ4v) is 1.45. The molecule has 1 aromatic heterocycles. The van der Waals surface area contributed by atoms with E-state index in [1.165, 1.54) is 42.6 Å². The molecule has 19 heavy (non-hydrogen) atoms. The Balaban J connectivity index is 2.22. The number of benzene rings is 1. The van der Waals surface area contributed by atoms with Crippen molar-refractivity contribution in [2.24, 2.45) is 0 Å². The van der Waals surface area contributed by atoms with Crippen LogP contribution >= 0.6 is 0 Å². The molecule has 0 unspecified atom stereocenters. The zero-order valence-electron chi connectivity index (χ0n) is 9.54. The smallest absolute Gasteiger partial charge is 0.271 e. The van der Waals surface area contributed by atoms with Crippen LogP contribution < -0.4 is 5.32 Å². The molecule has 96 valence electrons. The Bertz CT molecular complexity index is 646. The van der Waals surface area contributed by atoms with Crippen molar-refractivity contribution in [2.45, 2.75) is 0 Å². The largest absolute Gasteiger partial charge is 0.322 e. The predicted molar refractivity (Wildman–Crippen MR) is 65.2 cm³/mol. The lowest BCUT2D eigenvalue weighted by Gasteiger charge is -2.05. The SMILES string of the molecule is O=C(Nc1cccc([N+](=O)[O-])c1)c1cccnc1F. The van der Waals surface area contributed by atoms with Gasteiger partial charge in [-0.05, 0) is 18.2 Å². The van der Waals surface area contributed by atoms with Crippen molar-refractivity contribution in [1.82, 2.24) is 4.98 Å². The summed E-state index contributed by atoms with van der Waals surface area (Å²) in [6, 6.07) is 8.07. The summed E-state index contributed by atoms with van der Waals surface area (Å²) in [5, 5.41) is 13.0. The zero-order chi connectivity index (χ0) is 13.8. The molecule has 2 rings (SSSR count). The van der Waals surface area contributed by atoms with E-state index < -0.39 is 16.8 Å². The minimum atomic E-state index is -0.898. The number of nitrogens with zero attached hydrogens (tertiary/aromatic N) is 2. The summed E-state index contributed by atoms with van der Waals surface area (Å²) in [7, 11) is 0. The number of nitrogens with one attached hydrogen (secondary N) is 1. The third-order valence-electron chi connectivity index (χ3n) is 2.32. The van der Waals surface area contributed by atoms with Crippen LogP contribution in [0.2, 0.25) is 0 Å². The average molecular weight is 261 g/mol. The molecule has 0 atom stereocenters. The fourth-order valence-electron chi connectivity index (χ4n) is 1.45. The first-order valence-electron chi connectivity index (χ1n) is 5.24. The van der Waals surface area contributed by atoms with Gasteiger partial charge in [0.25, 0.3) is 11.6 Å². The maximum Gasteiger partial charge on any atom is 0.271 e. The van der Waals surface area contributed by atoms with Crippen LogP contribution in [-0.4, -0.2) is 15.8 Å². The highest BCUT2D eigenvalue weighted by atomic mass is 19.1. The lowest BCUT2D eigenvalue weighted by Crippen LogP contribution is -2.14. The van der Waals surface area contributed by atoms with Crippen molar-refractivity contribution in [3.8, 4) is 0 Å². The van der Waals surface area contributed by atoms with Crippen molar-refractivity contribution >= 4 is 17.3 Å². The van der Waals surface area contributed by atoms with Crippen LogP contribution in [0.5, 0.6) is 0 Å². The third kappa shape index (κ3) is 2.89. The highest BCUT2D eigenvalue weighted by Crippen LogP contribution is 2.18. The summed E-state index contributed by atoms with van der Waals surface area (Å²) in [4.78, 5) is 25.1. The molecule has 2 aromatic rings. The molecule has 7 heteroatoms. The molecule has 0 aliphatic carbocycles. The number of pyridine rings is 1. The first-order chi connectivity index (χ1) is 9.08. The minimum Gasteiger partial charge on any atom is -0.322 e. The monoisotopic (exact) mass is 261 g/mol. The number of nitro groups is 1. The quantitative estimate of drug-likeness (QED) is 0.522. The molecule has 1 aromatic carbocycles. The molecule has 1 N–H and O–H groups in total. The number of hydrogen-bond donors (Lipinski definition) is 1. The normalized spacial score (nSPS) is 9.95. The van der Waals surface area contributed by atoms with Gasteiger partial charge in [0.1, 0.15) is 0 Å². The Labute approximate surface area is 107 Å². The maximum absolute atomic E-state index is 13.3. The second kappa shape index (κ2) is 5.21. The third-order valence-corrected chi connectivity index (χ3v) is 2.32. The van der Waals surface area contributed by atoms with Gasteiger partial charge in [-0.2, -0.15) is 4.39 Å². The molecule has 0 aliphatic heterocycles. The lowest BCUT2D eigenvalue weighted by atomic mass is 10.2. The van der Waals surface area contributed by atoms with Gasteiger partial charge in [0, 0.05) is 24.0 Å². The molecule has 0 radical (unpaired) electrons. The van der Waals surface area contributed by atoms with Crippen molar-refractivity contribution < 1.29 is 14.1 Å². The van der Waals surface area contributed by atoms with Gasteiger partial charge in [0.15, 0.2) is 0 Å². The van der Waals surface area contributed by atoms with Crippen molar-refractivity contribution in [2.75, 3.05) is 5.32 Å². The van der Waals surface area contributed by atoms with Crippen molar-refractivity contribution in [3.05, 3.63) is 64.2 Å². The Kier molecular flexibility index (Phi) is 3.46. The van der Waals surface area contributed by atoms with Gasteiger partial charge in [0.05, 0.1) is 10.5 Å². The molecular formula is C12H8FN3O3. The van der Waals surface area contributed by atoms with Crippen molar-refractivity contribution in [3.63, 3.8) is 0 Å². The van der Waals surface area contributed by atoms with E-state index in [-0.39, 0.29) is 16.9 Å². The Hall–Kier alpha value is -2.83. The van der Waals surface area contributed by atoms with Crippen LogP contribution in [0.3, 0.4) is 0 Å². The van der Waals surface area contributed by atoms with E-state index in [1.54, 1.807) is 0 Å². The average Bonchev–Trinajstić information content (AvgIpc) is 2.39. The first kappa shape index (κ1) is 12.6. The number of amides is 1. The van der Waals surface area contributed by atoms with Crippen molar-refractivity contribution in [1.29, 1.82) is 0 Å².